The Labute approximate surface area is 274 Å². The highest BCUT2D eigenvalue weighted by Crippen LogP contribution is 2.45. The molecule has 2 aromatic heterocycles. The second-order valence-electron chi connectivity index (χ2n) is 13.2. The van der Waals surface area contributed by atoms with Gasteiger partial charge in [0.05, 0.1) is 16.9 Å². The Bertz CT molecular complexity index is 1910. The van der Waals surface area contributed by atoms with Crippen molar-refractivity contribution in [2.45, 2.75) is 69.8 Å². The van der Waals surface area contributed by atoms with E-state index in [9.17, 15) is 17.6 Å². The fraction of sp³-hybridized carbons (Fsp3) is 0.412. The summed E-state index contributed by atoms with van der Waals surface area (Å²) < 4.78 is 53.0. The third kappa shape index (κ3) is 6.95. The van der Waals surface area contributed by atoms with Crippen LogP contribution in [0.4, 0.5) is 20.8 Å². The van der Waals surface area contributed by atoms with E-state index in [-0.39, 0.29) is 12.1 Å². The molecule has 1 unspecified atom stereocenters. The minimum Gasteiger partial charge on any atom is -0.444 e. The molecule has 11 nitrogen and oxygen atoms in total. The van der Waals surface area contributed by atoms with Gasteiger partial charge in [0.25, 0.3) is 0 Å². The van der Waals surface area contributed by atoms with Gasteiger partial charge in [-0.2, -0.15) is 0 Å². The van der Waals surface area contributed by atoms with Crippen LogP contribution in [0.25, 0.3) is 22.0 Å². The molecule has 2 aromatic carbocycles. The average Bonchev–Trinajstić information content (AvgIpc) is 3.85. The Morgan fingerprint density at radius 1 is 1.06 bits per heavy atom. The highest BCUT2D eigenvalue weighted by Gasteiger charge is 2.55. The first-order valence-corrected chi connectivity index (χ1v) is 17.2. The number of piperidine rings is 1. The first-order valence-electron chi connectivity index (χ1n) is 15.7. The van der Waals surface area contributed by atoms with E-state index in [1.54, 1.807) is 41.6 Å². The number of hydrogen-bond donors (Lipinski definition) is 2. The van der Waals surface area contributed by atoms with Crippen LogP contribution in [0.3, 0.4) is 0 Å². The number of pyridine rings is 1. The lowest BCUT2D eigenvalue weighted by Crippen LogP contribution is -2.47. The third-order valence-corrected chi connectivity index (χ3v) is 10.5. The molecular weight excluding hydrogens is 623 g/mol. The van der Waals surface area contributed by atoms with E-state index in [1.165, 1.54) is 0 Å². The van der Waals surface area contributed by atoms with Gasteiger partial charge in [-0.05, 0) is 83.2 Å². The van der Waals surface area contributed by atoms with Crippen molar-refractivity contribution in [1.29, 1.82) is 0 Å². The van der Waals surface area contributed by atoms with E-state index in [1.807, 2.05) is 52.0 Å². The van der Waals surface area contributed by atoms with E-state index in [2.05, 4.69) is 20.0 Å². The topological polar surface area (TPSA) is 136 Å². The van der Waals surface area contributed by atoms with Crippen molar-refractivity contribution < 1.29 is 27.1 Å². The van der Waals surface area contributed by atoms with Gasteiger partial charge in [0.2, 0.25) is 21.9 Å². The molecule has 1 amide bonds. The second-order valence-corrected chi connectivity index (χ2v) is 15.2. The standard InChI is InChI=1S/C34H39FN6O5S/c1-22-12-13-24-25(9-5-11-28(24)40-47(43,44)34(21-35)15-16-34)29(22)45-30-26(10-6-17-36-30)27-14-18-37-31(39-27)38-23-8-7-19-41(20-23)32(42)46-33(2,3)4/h5-6,9-14,17-18,23,40H,7-8,15-16,19-21H2,1-4H3,(H,37,38,39). The number of aromatic nitrogens is 3. The summed E-state index contributed by atoms with van der Waals surface area (Å²) in [6.45, 7) is 7.62. The number of anilines is 2. The molecule has 47 heavy (non-hydrogen) atoms. The van der Waals surface area contributed by atoms with E-state index in [0.29, 0.717) is 71.2 Å². The SMILES string of the molecule is Cc1ccc2c(NS(=O)(=O)C3(CF)CC3)cccc2c1Oc1ncccc1-c1ccnc(NC2CCCN(C(=O)OC(C)(C)C)C2)n1. The number of nitrogens with one attached hydrogen (secondary N) is 2. The second kappa shape index (κ2) is 12.6. The van der Waals surface area contributed by atoms with Gasteiger partial charge in [-0.3, -0.25) is 4.72 Å². The zero-order valence-electron chi connectivity index (χ0n) is 26.9. The Balaban J connectivity index is 1.25. The summed E-state index contributed by atoms with van der Waals surface area (Å²) in [5.74, 6) is 1.22. The van der Waals surface area contributed by atoms with E-state index < -0.39 is 27.0 Å². The summed E-state index contributed by atoms with van der Waals surface area (Å²) in [4.78, 5) is 28.1. The number of likely N-dealkylation sites (tertiary alicyclic amines) is 1. The quantitative estimate of drug-likeness (QED) is 0.197. The number of fused-ring (bicyclic) bond motifs is 1. The molecule has 1 saturated heterocycles. The lowest BCUT2D eigenvalue weighted by atomic mass is 10.0. The van der Waals surface area contributed by atoms with Gasteiger partial charge in [-0.25, -0.2) is 32.6 Å². The van der Waals surface area contributed by atoms with Crippen molar-refractivity contribution in [1.82, 2.24) is 19.9 Å². The number of hydrogen-bond acceptors (Lipinski definition) is 9. The van der Waals surface area contributed by atoms with Gasteiger partial charge in [-0.15, -0.1) is 0 Å². The Kier molecular flexibility index (Phi) is 8.68. The maximum atomic E-state index is 13.6. The number of benzene rings is 2. The zero-order valence-corrected chi connectivity index (χ0v) is 27.7. The number of amides is 1. The number of rotatable bonds is 9. The molecule has 2 N–H and O–H groups in total. The molecule has 3 heterocycles. The van der Waals surface area contributed by atoms with Crippen LogP contribution in [-0.2, 0) is 14.8 Å². The first-order chi connectivity index (χ1) is 22.4. The van der Waals surface area contributed by atoms with Crippen LogP contribution in [0.15, 0.2) is 60.9 Å². The number of carbonyl (C=O) groups excluding carboxylic acids is 1. The van der Waals surface area contributed by atoms with Gasteiger partial charge in [0.15, 0.2) is 0 Å². The highest BCUT2D eigenvalue weighted by atomic mass is 32.2. The van der Waals surface area contributed by atoms with Crippen molar-refractivity contribution in [2.24, 2.45) is 0 Å². The first kappa shape index (κ1) is 32.4. The van der Waals surface area contributed by atoms with E-state index in [0.717, 1.165) is 18.4 Å². The summed E-state index contributed by atoms with van der Waals surface area (Å²) in [6.07, 6.45) is 5.20. The van der Waals surface area contributed by atoms with Crippen LogP contribution in [0.5, 0.6) is 11.6 Å². The summed E-state index contributed by atoms with van der Waals surface area (Å²) in [7, 11) is -3.92. The van der Waals surface area contributed by atoms with Crippen LogP contribution in [-0.4, -0.2) is 70.5 Å². The molecule has 1 aliphatic carbocycles. The average molecular weight is 663 g/mol. The van der Waals surface area contributed by atoms with Crippen LogP contribution in [0.2, 0.25) is 0 Å². The smallest absolute Gasteiger partial charge is 0.410 e. The molecule has 13 heteroatoms. The largest absolute Gasteiger partial charge is 0.444 e. The van der Waals surface area contributed by atoms with Crippen LogP contribution >= 0.6 is 0 Å². The molecule has 6 rings (SSSR count). The number of alkyl halides is 1. The lowest BCUT2D eigenvalue weighted by molar-refractivity contribution is 0.0206. The molecule has 248 valence electrons. The Morgan fingerprint density at radius 2 is 1.87 bits per heavy atom. The van der Waals surface area contributed by atoms with Crippen molar-refractivity contribution in [3.63, 3.8) is 0 Å². The third-order valence-electron chi connectivity index (χ3n) is 8.38. The maximum Gasteiger partial charge on any atom is 0.410 e. The zero-order chi connectivity index (χ0) is 33.4. The van der Waals surface area contributed by atoms with Gasteiger partial charge in [0.1, 0.15) is 22.8 Å². The van der Waals surface area contributed by atoms with Gasteiger partial charge < -0.3 is 19.7 Å². The lowest BCUT2D eigenvalue weighted by Gasteiger charge is -2.34. The predicted octanol–water partition coefficient (Wildman–Crippen LogP) is 6.85. The number of halogens is 1. The van der Waals surface area contributed by atoms with Crippen LogP contribution in [0, 0.1) is 6.92 Å². The Hall–Kier alpha value is -4.52. The summed E-state index contributed by atoms with van der Waals surface area (Å²) >= 11 is 0. The van der Waals surface area contributed by atoms with Gasteiger partial charge >= 0.3 is 6.09 Å². The van der Waals surface area contributed by atoms with Crippen LogP contribution < -0.4 is 14.8 Å². The van der Waals surface area contributed by atoms with Crippen molar-refractivity contribution in [3.8, 4) is 22.9 Å². The molecule has 2 aliphatic rings. The maximum absolute atomic E-state index is 13.6. The fourth-order valence-electron chi connectivity index (χ4n) is 5.64. The molecule has 1 atom stereocenters. The monoisotopic (exact) mass is 662 g/mol. The van der Waals surface area contributed by atoms with Gasteiger partial charge in [-0.1, -0.05) is 24.3 Å². The summed E-state index contributed by atoms with van der Waals surface area (Å²) in [6, 6.07) is 14.3. The van der Waals surface area contributed by atoms with Crippen molar-refractivity contribution in [3.05, 3.63) is 66.5 Å². The molecule has 1 saturated carbocycles. The molecule has 1 aliphatic heterocycles. The molecule has 0 spiro atoms. The fourth-order valence-corrected chi connectivity index (χ4v) is 7.11. The van der Waals surface area contributed by atoms with Gasteiger partial charge in [0, 0.05) is 42.3 Å². The van der Waals surface area contributed by atoms with E-state index >= 15 is 0 Å². The summed E-state index contributed by atoms with van der Waals surface area (Å²) in [5, 5.41) is 4.66. The minimum absolute atomic E-state index is 0.0548. The van der Waals surface area contributed by atoms with Crippen molar-refractivity contribution >= 4 is 38.5 Å². The molecule has 4 aromatic rings. The number of nitrogens with zero attached hydrogens (tertiary/aromatic N) is 4. The van der Waals surface area contributed by atoms with E-state index in [4.69, 9.17) is 14.5 Å². The van der Waals surface area contributed by atoms with Crippen LogP contribution in [0.1, 0.15) is 52.0 Å². The highest BCUT2D eigenvalue weighted by molar-refractivity contribution is 7.94. The number of ether oxygens (including phenoxy) is 2. The molecular formula is C34H39FN6O5S. The predicted molar refractivity (Wildman–Crippen MR) is 179 cm³/mol. The molecule has 0 bridgehead atoms. The minimum atomic E-state index is -3.92. The van der Waals surface area contributed by atoms with Crippen molar-refractivity contribution in [2.75, 3.05) is 29.8 Å². The summed E-state index contributed by atoms with van der Waals surface area (Å²) in [5.41, 5.74) is 1.81. The number of sulfonamides is 1. The number of carbonyl (C=O) groups is 1. The molecule has 2 fully saturated rings. The molecule has 0 radical (unpaired) electrons. The Morgan fingerprint density at radius 3 is 2.62 bits per heavy atom. The normalized spacial score (nSPS) is 17.6. The number of aryl methyl sites for hydroxylation is 1.